The number of carbonyl (C=O) groups excluding carboxylic acids is 8. The predicted molar refractivity (Wildman–Crippen MR) is 274 cm³/mol. The summed E-state index contributed by atoms with van der Waals surface area (Å²) in [5, 5.41) is 0. The standard InChI is InChI=1S/C56H98O16/c1-9-27-43(67-49(57)11-3)33-37-47(71-53(61)15-7)39-35-45(69-51(59)13-5)29-23-19-17-21-25-31-55(63)65-41-42-66-56(64)32-26-22-18-20-24-30-46(70-52(60)14-6)36-40-48(72-54(62)16-8)38-34-44(28-10-2)68-50(58)12-4/h43-48H,9-42H2,1-8H3. The first-order valence-electron chi connectivity index (χ1n) is 28.1. The van der Waals surface area contributed by atoms with E-state index < -0.39 is 0 Å². The molecule has 16 heteroatoms. The van der Waals surface area contributed by atoms with Gasteiger partial charge in [-0.15, -0.1) is 0 Å². The molecule has 0 aliphatic rings. The zero-order valence-corrected chi connectivity index (χ0v) is 46.0. The van der Waals surface area contributed by atoms with Gasteiger partial charge in [-0.05, 0) is 103 Å². The van der Waals surface area contributed by atoms with Crippen LogP contribution in [0.15, 0.2) is 0 Å². The highest BCUT2D eigenvalue weighted by Gasteiger charge is 2.24. The average Bonchev–Trinajstić information content (AvgIpc) is 3.37. The Morgan fingerprint density at radius 1 is 0.250 bits per heavy atom. The Morgan fingerprint density at radius 2 is 0.458 bits per heavy atom. The maximum Gasteiger partial charge on any atom is 0.305 e. The molecule has 0 radical (unpaired) electrons. The average molecular weight is 1030 g/mol. The Morgan fingerprint density at radius 3 is 0.694 bits per heavy atom. The molecule has 0 bridgehead atoms. The first-order valence-corrected chi connectivity index (χ1v) is 28.1. The number of hydrogen-bond donors (Lipinski definition) is 0. The SMILES string of the molecule is CCCC(CCC(CCC(CCCCCCCC(=O)OCCOC(=O)CCCCCCCC(CCC(CCC(CCC)OC(=O)CC)OC(=O)CC)OC(=O)CC)OC(=O)CC)OC(=O)CC)OC(=O)CC. The molecule has 0 rings (SSSR count). The molecule has 0 saturated heterocycles. The summed E-state index contributed by atoms with van der Waals surface area (Å²) >= 11 is 0. The molecule has 0 saturated carbocycles. The third-order valence-corrected chi connectivity index (χ3v) is 12.4. The molecule has 0 aromatic heterocycles. The molecule has 0 fully saturated rings. The van der Waals surface area contributed by atoms with Gasteiger partial charge in [0, 0.05) is 51.4 Å². The van der Waals surface area contributed by atoms with Gasteiger partial charge in [0.25, 0.3) is 0 Å². The van der Waals surface area contributed by atoms with Crippen LogP contribution in [0.4, 0.5) is 0 Å². The third kappa shape index (κ3) is 38.4. The van der Waals surface area contributed by atoms with Crippen molar-refractivity contribution < 1.29 is 76.3 Å². The van der Waals surface area contributed by atoms with Gasteiger partial charge in [0.2, 0.25) is 0 Å². The van der Waals surface area contributed by atoms with Crippen LogP contribution in [0.5, 0.6) is 0 Å². The summed E-state index contributed by atoms with van der Waals surface area (Å²) in [5.41, 5.74) is 0. The van der Waals surface area contributed by atoms with Gasteiger partial charge in [0.15, 0.2) is 0 Å². The van der Waals surface area contributed by atoms with Gasteiger partial charge in [0.05, 0.1) is 0 Å². The van der Waals surface area contributed by atoms with Crippen LogP contribution in [0.1, 0.15) is 261 Å². The van der Waals surface area contributed by atoms with Gasteiger partial charge in [0.1, 0.15) is 49.8 Å². The van der Waals surface area contributed by atoms with Crippen molar-refractivity contribution in [2.75, 3.05) is 13.2 Å². The first kappa shape index (κ1) is 67.8. The molecule has 6 atom stereocenters. The van der Waals surface area contributed by atoms with Gasteiger partial charge >= 0.3 is 47.8 Å². The van der Waals surface area contributed by atoms with E-state index in [1.807, 2.05) is 13.8 Å². The fourth-order valence-corrected chi connectivity index (χ4v) is 8.12. The lowest BCUT2D eigenvalue weighted by Gasteiger charge is -2.24. The fraction of sp³-hybridized carbons (Fsp3) is 0.857. The summed E-state index contributed by atoms with van der Waals surface area (Å²) in [5.74, 6) is -2.28. The number of unbranched alkanes of at least 4 members (excludes halogenated alkanes) is 8. The molecule has 6 unspecified atom stereocenters. The lowest BCUT2D eigenvalue weighted by molar-refractivity contribution is -0.155. The third-order valence-electron chi connectivity index (χ3n) is 12.4. The second-order valence-electron chi connectivity index (χ2n) is 18.7. The monoisotopic (exact) mass is 1030 g/mol. The van der Waals surface area contributed by atoms with E-state index in [0.717, 1.165) is 77.0 Å². The van der Waals surface area contributed by atoms with Crippen molar-refractivity contribution in [3.63, 3.8) is 0 Å². The zero-order chi connectivity index (χ0) is 53.8. The quantitative estimate of drug-likeness (QED) is 0.0315. The second-order valence-corrected chi connectivity index (χ2v) is 18.7. The highest BCUT2D eigenvalue weighted by molar-refractivity contribution is 5.71. The summed E-state index contributed by atoms with van der Waals surface area (Å²) < 4.78 is 44.8. The van der Waals surface area contributed by atoms with Gasteiger partial charge in [-0.2, -0.15) is 0 Å². The largest absolute Gasteiger partial charge is 0.462 e. The fourth-order valence-electron chi connectivity index (χ4n) is 8.12. The van der Waals surface area contributed by atoms with E-state index in [9.17, 15) is 38.4 Å². The number of ether oxygens (including phenoxy) is 8. The van der Waals surface area contributed by atoms with Gasteiger partial charge in [-0.1, -0.05) is 107 Å². The molecule has 72 heavy (non-hydrogen) atoms. The zero-order valence-electron chi connectivity index (χ0n) is 46.0. The van der Waals surface area contributed by atoms with E-state index in [-0.39, 0.29) is 136 Å². The predicted octanol–water partition coefficient (Wildman–Crippen LogP) is 12.2. The Hall–Kier alpha value is -4.24. The van der Waals surface area contributed by atoms with Crippen LogP contribution in [-0.4, -0.2) is 97.6 Å². The summed E-state index contributed by atoms with van der Waals surface area (Å²) in [6.45, 7) is 14.6. The van der Waals surface area contributed by atoms with Crippen molar-refractivity contribution in [3.05, 3.63) is 0 Å². The van der Waals surface area contributed by atoms with E-state index in [4.69, 9.17) is 37.9 Å². The molecule has 0 spiro atoms. The lowest BCUT2D eigenvalue weighted by Crippen LogP contribution is -2.25. The second kappa shape index (κ2) is 45.4. The van der Waals surface area contributed by atoms with Crippen molar-refractivity contribution in [1.82, 2.24) is 0 Å². The van der Waals surface area contributed by atoms with Crippen molar-refractivity contribution in [2.24, 2.45) is 0 Å². The Kier molecular flexibility index (Phi) is 42.7. The van der Waals surface area contributed by atoms with Gasteiger partial charge in [-0.25, -0.2) is 0 Å². The molecule has 0 heterocycles. The normalized spacial score (nSPS) is 13.6. The van der Waals surface area contributed by atoms with Crippen molar-refractivity contribution in [2.45, 2.75) is 297 Å². The van der Waals surface area contributed by atoms with Crippen molar-refractivity contribution >= 4 is 47.8 Å². The molecule has 0 amide bonds. The molecule has 0 aliphatic heterocycles. The Balaban J connectivity index is 4.53. The minimum atomic E-state index is -0.366. The Labute approximate surface area is 433 Å². The molecule has 0 aliphatic carbocycles. The van der Waals surface area contributed by atoms with Crippen LogP contribution in [-0.2, 0) is 76.3 Å². The van der Waals surface area contributed by atoms with E-state index in [0.29, 0.717) is 89.9 Å². The van der Waals surface area contributed by atoms with Crippen LogP contribution < -0.4 is 0 Å². The number of hydrogen-bond acceptors (Lipinski definition) is 16. The molecular formula is C56H98O16. The molecular weight excluding hydrogens is 929 g/mol. The number of esters is 8. The van der Waals surface area contributed by atoms with Gasteiger partial charge < -0.3 is 37.9 Å². The highest BCUT2D eigenvalue weighted by atomic mass is 16.6. The maximum absolute atomic E-state index is 12.3. The lowest BCUT2D eigenvalue weighted by atomic mass is 9.99. The van der Waals surface area contributed by atoms with E-state index in [2.05, 4.69) is 0 Å². The number of rotatable bonds is 47. The summed E-state index contributed by atoms with van der Waals surface area (Å²) in [6.07, 6.45) is 17.8. The number of carbonyl (C=O) groups is 8. The van der Waals surface area contributed by atoms with Crippen LogP contribution in [0.3, 0.4) is 0 Å². The van der Waals surface area contributed by atoms with E-state index in [1.165, 1.54) is 0 Å². The molecule has 0 N–H and O–H groups in total. The van der Waals surface area contributed by atoms with Crippen molar-refractivity contribution in [1.29, 1.82) is 0 Å². The van der Waals surface area contributed by atoms with Gasteiger partial charge in [-0.3, -0.25) is 38.4 Å². The van der Waals surface area contributed by atoms with E-state index >= 15 is 0 Å². The van der Waals surface area contributed by atoms with Crippen LogP contribution in [0.2, 0.25) is 0 Å². The summed E-state index contributed by atoms with van der Waals surface area (Å²) in [6, 6.07) is 0. The van der Waals surface area contributed by atoms with E-state index in [1.54, 1.807) is 41.5 Å². The van der Waals surface area contributed by atoms with Crippen molar-refractivity contribution in [3.8, 4) is 0 Å². The topological polar surface area (TPSA) is 210 Å². The highest BCUT2D eigenvalue weighted by Crippen LogP contribution is 2.24. The molecule has 418 valence electrons. The minimum Gasteiger partial charge on any atom is -0.462 e. The van der Waals surface area contributed by atoms with Crippen LogP contribution >= 0.6 is 0 Å². The Bertz CT molecular complexity index is 1370. The molecule has 0 aromatic rings. The smallest absolute Gasteiger partial charge is 0.305 e. The minimum absolute atomic E-state index is 0.00584. The van der Waals surface area contributed by atoms with Crippen LogP contribution in [0.25, 0.3) is 0 Å². The summed E-state index contributed by atoms with van der Waals surface area (Å²) in [4.78, 5) is 97.4. The van der Waals surface area contributed by atoms with Crippen LogP contribution in [0, 0.1) is 0 Å². The maximum atomic E-state index is 12.3. The summed E-state index contributed by atoms with van der Waals surface area (Å²) in [7, 11) is 0. The first-order chi connectivity index (χ1) is 34.7. The molecule has 16 nitrogen and oxygen atoms in total. The molecule has 0 aromatic carbocycles.